The summed E-state index contributed by atoms with van der Waals surface area (Å²) in [6.45, 7) is 0.786. The molecule has 0 unspecified atom stereocenters. The zero-order chi connectivity index (χ0) is 16.4. The summed E-state index contributed by atoms with van der Waals surface area (Å²) in [4.78, 5) is 11.8. The van der Waals surface area contributed by atoms with E-state index in [1.165, 1.54) is 4.68 Å². The standard InChI is InChI=1S/C16H20N4O3/c1-22-11-7-5-8-12(23-2)13(11)14-10-6-3-4-9-18-15(10)20(19-14)16(17)21/h5,7-8,18H,3-4,6,9H2,1-2H3,(H2,17,21). The zero-order valence-corrected chi connectivity index (χ0v) is 13.3. The number of nitrogens with zero attached hydrogens (tertiary/aromatic N) is 2. The SMILES string of the molecule is COc1cccc(OC)c1-c1nn(C(N)=O)c2c1CCCCN2. The van der Waals surface area contributed by atoms with Crippen LogP contribution in [0.15, 0.2) is 18.2 Å². The van der Waals surface area contributed by atoms with Gasteiger partial charge < -0.3 is 20.5 Å². The molecule has 1 aliphatic rings. The molecule has 0 atom stereocenters. The van der Waals surface area contributed by atoms with E-state index in [2.05, 4.69) is 10.4 Å². The van der Waals surface area contributed by atoms with E-state index in [9.17, 15) is 4.79 Å². The maximum Gasteiger partial charge on any atom is 0.341 e. The van der Waals surface area contributed by atoms with Gasteiger partial charge in [-0.15, -0.1) is 0 Å². The van der Waals surface area contributed by atoms with Crippen molar-refractivity contribution >= 4 is 11.8 Å². The molecule has 0 fully saturated rings. The van der Waals surface area contributed by atoms with E-state index < -0.39 is 6.03 Å². The first-order valence-corrected chi connectivity index (χ1v) is 7.54. The van der Waals surface area contributed by atoms with Crippen molar-refractivity contribution in [2.45, 2.75) is 19.3 Å². The van der Waals surface area contributed by atoms with Crippen molar-refractivity contribution in [3.8, 4) is 22.8 Å². The lowest BCUT2D eigenvalue weighted by Crippen LogP contribution is -2.23. The summed E-state index contributed by atoms with van der Waals surface area (Å²) in [6.07, 6.45) is 2.84. The highest BCUT2D eigenvalue weighted by Crippen LogP contribution is 2.42. The third kappa shape index (κ3) is 2.58. The van der Waals surface area contributed by atoms with Crippen molar-refractivity contribution in [3.05, 3.63) is 23.8 Å². The molecule has 0 radical (unpaired) electrons. The second-order valence-corrected chi connectivity index (χ2v) is 5.35. The Hall–Kier alpha value is -2.70. The molecule has 1 aromatic carbocycles. The van der Waals surface area contributed by atoms with Crippen LogP contribution in [0.25, 0.3) is 11.3 Å². The fourth-order valence-electron chi connectivity index (χ4n) is 2.95. The van der Waals surface area contributed by atoms with Crippen LogP contribution in [0.3, 0.4) is 0 Å². The number of fused-ring (bicyclic) bond motifs is 1. The molecule has 7 heteroatoms. The van der Waals surface area contributed by atoms with Gasteiger partial charge in [0, 0.05) is 12.1 Å². The molecule has 7 nitrogen and oxygen atoms in total. The van der Waals surface area contributed by atoms with Gasteiger partial charge in [0.1, 0.15) is 23.0 Å². The number of hydrogen-bond acceptors (Lipinski definition) is 5. The van der Waals surface area contributed by atoms with Gasteiger partial charge in [-0.05, 0) is 31.4 Å². The number of carbonyl (C=O) groups is 1. The van der Waals surface area contributed by atoms with Crippen molar-refractivity contribution < 1.29 is 14.3 Å². The summed E-state index contributed by atoms with van der Waals surface area (Å²) in [5.74, 6) is 1.95. The quantitative estimate of drug-likeness (QED) is 0.906. The maximum atomic E-state index is 11.8. The first kappa shape index (κ1) is 15.2. The highest BCUT2D eigenvalue weighted by Gasteiger charge is 2.26. The fourth-order valence-corrected chi connectivity index (χ4v) is 2.95. The van der Waals surface area contributed by atoms with E-state index in [0.29, 0.717) is 23.0 Å². The van der Waals surface area contributed by atoms with Crippen LogP contribution in [-0.2, 0) is 6.42 Å². The molecule has 1 amide bonds. The highest BCUT2D eigenvalue weighted by atomic mass is 16.5. The Kier molecular flexibility index (Phi) is 4.10. The van der Waals surface area contributed by atoms with E-state index in [0.717, 1.165) is 36.9 Å². The van der Waals surface area contributed by atoms with Crippen LogP contribution in [0, 0.1) is 0 Å². The summed E-state index contributed by atoms with van der Waals surface area (Å²) in [5.41, 5.74) is 7.85. The minimum absolute atomic E-state index is 0.615. The minimum Gasteiger partial charge on any atom is -0.496 e. The van der Waals surface area contributed by atoms with Crippen LogP contribution in [-0.4, -0.2) is 36.6 Å². The van der Waals surface area contributed by atoms with E-state index in [4.69, 9.17) is 15.2 Å². The lowest BCUT2D eigenvalue weighted by molar-refractivity contribution is 0.248. The van der Waals surface area contributed by atoms with Crippen LogP contribution in [0.4, 0.5) is 10.6 Å². The Morgan fingerprint density at radius 2 is 1.96 bits per heavy atom. The van der Waals surface area contributed by atoms with Gasteiger partial charge in [-0.25, -0.2) is 4.79 Å². The molecule has 0 bridgehead atoms. The summed E-state index contributed by atoms with van der Waals surface area (Å²) in [5, 5.41) is 7.70. The van der Waals surface area contributed by atoms with Crippen LogP contribution in [0.5, 0.6) is 11.5 Å². The van der Waals surface area contributed by atoms with E-state index in [-0.39, 0.29) is 0 Å². The van der Waals surface area contributed by atoms with Crippen LogP contribution < -0.4 is 20.5 Å². The average molecular weight is 316 g/mol. The molecular weight excluding hydrogens is 296 g/mol. The number of carbonyl (C=O) groups excluding carboxylic acids is 1. The number of ether oxygens (including phenoxy) is 2. The van der Waals surface area contributed by atoms with Crippen molar-refractivity contribution in [2.24, 2.45) is 5.73 Å². The van der Waals surface area contributed by atoms with Gasteiger partial charge in [-0.1, -0.05) is 6.07 Å². The van der Waals surface area contributed by atoms with Gasteiger partial charge >= 0.3 is 6.03 Å². The number of methoxy groups -OCH3 is 2. The highest BCUT2D eigenvalue weighted by molar-refractivity contribution is 5.85. The molecule has 23 heavy (non-hydrogen) atoms. The zero-order valence-electron chi connectivity index (χ0n) is 13.3. The Bertz CT molecular complexity index is 717. The topological polar surface area (TPSA) is 91.4 Å². The second-order valence-electron chi connectivity index (χ2n) is 5.35. The minimum atomic E-state index is -0.615. The van der Waals surface area contributed by atoms with Gasteiger partial charge in [0.2, 0.25) is 0 Å². The maximum absolute atomic E-state index is 11.8. The van der Waals surface area contributed by atoms with Crippen LogP contribution in [0.1, 0.15) is 18.4 Å². The van der Waals surface area contributed by atoms with Crippen molar-refractivity contribution in [1.29, 1.82) is 0 Å². The number of anilines is 1. The van der Waals surface area contributed by atoms with Crippen LogP contribution >= 0.6 is 0 Å². The monoisotopic (exact) mass is 316 g/mol. The fraction of sp³-hybridized carbons (Fsp3) is 0.375. The van der Waals surface area contributed by atoms with E-state index >= 15 is 0 Å². The Morgan fingerprint density at radius 1 is 1.26 bits per heavy atom. The molecule has 3 rings (SSSR count). The lowest BCUT2D eigenvalue weighted by Gasteiger charge is -2.12. The van der Waals surface area contributed by atoms with E-state index in [1.807, 2.05) is 18.2 Å². The summed E-state index contributed by atoms with van der Waals surface area (Å²) >= 11 is 0. The van der Waals surface area contributed by atoms with Crippen molar-refractivity contribution in [1.82, 2.24) is 9.78 Å². The molecule has 2 heterocycles. The molecule has 2 aromatic rings. The molecule has 3 N–H and O–H groups in total. The first-order valence-electron chi connectivity index (χ1n) is 7.54. The first-order chi connectivity index (χ1) is 11.2. The average Bonchev–Trinajstić information content (AvgIpc) is 2.75. The van der Waals surface area contributed by atoms with Gasteiger partial charge in [0.15, 0.2) is 0 Å². The Morgan fingerprint density at radius 3 is 2.57 bits per heavy atom. The molecule has 0 spiro atoms. The number of rotatable bonds is 3. The molecule has 0 saturated heterocycles. The number of aromatic nitrogens is 2. The van der Waals surface area contributed by atoms with Crippen molar-refractivity contribution in [2.75, 3.05) is 26.1 Å². The summed E-state index contributed by atoms with van der Waals surface area (Å²) in [6, 6.07) is 4.93. The molecule has 0 aliphatic carbocycles. The third-order valence-corrected chi connectivity index (χ3v) is 4.00. The predicted molar refractivity (Wildman–Crippen MR) is 87.2 cm³/mol. The normalized spacial score (nSPS) is 13.7. The number of nitrogens with one attached hydrogen (secondary N) is 1. The molecule has 122 valence electrons. The summed E-state index contributed by atoms with van der Waals surface area (Å²) in [7, 11) is 3.19. The molecular formula is C16H20N4O3. The lowest BCUT2D eigenvalue weighted by atomic mass is 10.0. The molecule has 1 aliphatic heterocycles. The largest absolute Gasteiger partial charge is 0.496 e. The predicted octanol–water partition coefficient (Wildman–Crippen LogP) is 2.24. The molecule has 0 saturated carbocycles. The number of amides is 1. The van der Waals surface area contributed by atoms with Crippen molar-refractivity contribution in [3.63, 3.8) is 0 Å². The van der Waals surface area contributed by atoms with Gasteiger partial charge in [0.05, 0.1) is 19.8 Å². The second kappa shape index (κ2) is 6.20. The smallest absolute Gasteiger partial charge is 0.341 e. The van der Waals surface area contributed by atoms with Gasteiger partial charge in [0.25, 0.3) is 0 Å². The number of hydrogen-bond donors (Lipinski definition) is 2. The Labute approximate surface area is 134 Å². The third-order valence-electron chi connectivity index (χ3n) is 4.00. The van der Waals surface area contributed by atoms with E-state index in [1.54, 1.807) is 14.2 Å². The summed E-state index contributed by atoms with van der Waals surface area (Å²) < 4.78 is 12.2. The molecule has 1 aromatic heterocycles. The number of nitrogens with two attached hydrogens (primary N) is 1. The Balaban J connectivity index is 2.27. The number of primary amides is 1. The van der Waals surface area contributed by atoms with Gasteiger partial charge in [-0.2, -0.15) is 9.78 Å². The number of benzene rings is 1. The van der Waals surface area contributed by atoms with Gasteiger partial charge in [-0.3, -0.25) is 0 Å². The van der Waals surface area contributed by atoms with Crippen LogP contribution in [0.2, 0.25) is 0 Å².